The van der Waals surface area contributed by atoms with Gasteiger partial charge in [0, 0.05) is 11.6 Å². The number of amides is 1. The first-order valence-electron chi connectivity index (χ1n) is 7.72. The van der Waals surface area contributed by atoms with E-state index in [0.29, 0.717) is 24.8 Å². The number of hydrogen-bond donors (Lipinski definition) is 2. The van der Waals surface area contributed by atoms with Crippen molar-refractivity contribution >= 4 is 22.9 Å². The summed E-state index contributed by atoms with van der Waals surface area (Å²) in [5.74, 6) is -0.976. The van der Waals surface area contributed by atoms with Crippen LogP contribution in [0.5, 0.6) is 0 Å². The molecule has 1 heterocycles. The summed E-state index contributed by atoms with van der Waals surface area (Å²) in [6, 6.07) is 4.66. The number of para-hydroxylation sites is 1. The molecule has 0 unspecified atom stereocenters. The molecule has 0 saturated heterocycles. The van der Waals surface area contributed by atoms with Crippen LogP contribution in [0, 0.1) is 5.21 Å². The molecule has 0 saturated carbocycles. The van der Waals surface area contributed by atoms with Gasteiger partial charge in [0.25, 0.3) is 0 Å². The van der Waals surface area contributed by atoms with E-state index in [1.165, 1.54) is 6.07 Å². The minimum atomic E-state index is -0.590. The first-order chi connectivity index (χ1) is 11.6. The van der Waals surface area contributed by atoms with Crippen molar-refractivity contribution in [2.24, 2.45) is 0 Å². The van der Waals surface area contributed by atoms with Crippen molar-refractivity contribution in [2.45, 2.75) is 38.5 Å². The summed E-state index contributed by atoms with van der Waals surface area (Å²) < 4.78 is 9.64. The van der Waals surface area contributed by atoms with Crippen molar-refractivity contribution in [3.63, 3.8) is 0 Å². The molecule has 0 atom stereocenters. The fourth-order valence-electron chi connectivity index (χ4n) is 2.30. The van der Waals surface area contributed by atoms with E-state index in [1.807, 2.05) is 0 Å². The molecule has 0 aliphatic carbocycles. The first kappa shape index (κ1) is 17.7. The van der Waals surface area contributed by atoms with E-state index >= 15 is 0 Å². The number of unbranched alkanes of at least 4 members (excludes halogenated alkanes) is 4. The molecule has 24 heavy (non-hydrogen) atoms. The van der Waals surface area contributed by atoms with E-state index in [-0.39, 0.29) is 28.5 Å². The van der Waals surface area contributed by atoms with E-state index in [4.69, 9.17) is 9.94 Å². The number of ether oxygens (including phenoxy) is 1. The highest BCUT2D eigenvalue weighted by Crippen LogP contribution is 2.14. The van der Waals surface area contributed by atoms with Gasteiger partial charge in [-0.15, -0.1) is 0 Å². The Hall–Kier alpha value is -2.68. The lowest BCUT2D eigenvalue weighted by Gasteiger charge is -2.05. The van der Waals surface area contributed by atoms with Crippen LogP contribution in [0.1, 0.15) is 48.9 Å². The van der Waals surface area contributed by atoms with Crippen molar-refractivity contribution in [3.8, 4) is 0 Å². The van der Waals surface area contributed by atoms with Crippen molar-refractivity contribution in [3.05, 3.63) is 29.0 Å². The zero-order chi connectivity index (χ0) is 17.4. The predicted molar refractivity (Wildman–Crippen MR) is 80.9 cm³/mol. The summed E-state index contributed by atoms with van der Waals surface area (Å²) in [5, 5.41) is 23.4. The molecule has 9 heteroatoms. The predicted octanol–water partition coefficient (Wildman–Crippen LogP) is 1.46. The number of esters is 1. The van der Waals surface area contributed by atoms with Crippen molar-refractivity contribution in [1.82, 2.24) is 10.6 Å². The van der Waals surface area contributed by atoms with E-state index in [9.17, 15) is 14.8 Å². The second-order valence-electron chi connectivity index (χ2n) is 5.29. The number of benzene rings is 1. The Morgan fingerprint density at radius 3 is 2.79 bits per heavy atom. The molecule has 0 aliphatic heterocycles. The zero-order valence-electron chi connectivity index (χ0n) is 13.1. The third-order valence-electron chi connectivity index (χ3n) is 3.54. The lowest BCUT2D eigenvalue weighted by Crippen LogP contribution is -2.25. The van der Waals surface area contributed by atoms with Crippen LogP contribution in [0.2, 0.25) is 0 Å². The molecule has 1 aromatic heterocycles. The van der Waals surface area contributed by atoms with Crippen LogP contribution in [0.25, 0.3) is 11.0 Å². The Balaban J connectivity index is 1.68. The maximum atomic E-state index is 12.0. The van der Waals surface area contributed by atoms with Gasteiger partial charge in [0.1, 0.15) is 5.56 Å². The number of aromatic nitrogens is 2. The highest BCUT2D eigenvalue weighted by molar-refractivity contribution is 6.00. The van der Waals surface area contributed by atoms with E-state index in [1.54, 1.807) is 17.6 Å². The van der Waals surface area contributed by atoms with Crippen molar-refractivity contribution < 1.29 is 29.1 Å². The highest BCUT2D eigenvalue weighted by Gasteiger charge is 2.20. The van der Waals surface area contributed by atoms with Gasteiger partial charge in [0.2, 0.25) is 16.9 Å². The van der Waals surface area contributed by atoms with Crippen molar-refractivity contribution in [2.75, 3.05) is 6.61 Å². The quantitative estimate of drug-likeness (QED) is 0.233. The molecular weight excluding hydrogens is 318 g/mol. The number of nitrogens with one attached hydrogen (secondary N) is 1. The van der Waals surface area contributed by atoms with Gasteiger partial charge in [-0.2, -0.15) is 0 Å². The van der Waals surface area contributed by atoms with Gasteiger partial charge < -0.3 is 9.94 Å². The van der Waals surface area contributed by atoms with Crippen LogP contribution in [0.15, 0.2) is 22.8 Å². The standard InChI is InChI=1S/C15H19N3O6/c19-13(16-21)9-4-2-1-3-5-10-23-15(20)11-7-6-8-12-14(11)18(22)24-17-12/h6-8,21H,1-5,9-10H2,(H,16,19). The summed E-state index contributed by atoms with van der Waals surface area (Å²) in [7, 11) is 0. The molecule has 2 N–H and O–H groups in total. The number of carbonyl (C=O) groups is 2. The van der Waals surface area contributed by atoms with Gasteiger partial charge in [-0.05, 0) is 29.9 Å². The fourth-order valence-corrected chi connectivity index (χ4v) is 2.30. The molecule has 2 rings (SSSR count). The summed E-state index contributed by atoms with van der Waals surface area (Å²) >= 11 is 0. The Morgan fingerprint density at radius 1 is 1.25 bits per heavy atom. The molecule has 130 valence electrons. The molecular formula is C15H19N3O6. The van der Waals surface area contributed by atoms with Gasteiger partial charge >= 0.3 is 5.97 Å². The normalized spacial score (nSPS) is 10.7. The number of hydrogen-bond acceptors (Lipinski definition) is 7. The molecule has 1 amide bonds. The Bertz CT molecular complexity index is 700. The van der Waals surface area contributed by atoms with Crippen LogP contribution in [0.3, 0.4) is 0 Å². The second-order valence-corrected chi connectivity index (χ2v) is 5.29. The number of nitrogens with zero attached hydrogens (tertiary/aromatic N) is 2. The zero-order valence-corrected chi connectivity index (χ0v) is 13.1. The minimum absolute atomic E-state index is 0.0599. The van der Waals surface area contributed by atoms with Crippen LogP contribution in [-0.2, 0) is 9.53 Å². The van der Waals surface area contributed by atoms with Gasteiger partial charge in [-0.1, -0.05) is 25.3 Å². The van der Waals surface area contributed by atoms with Gasteiger partial charge in [-0.3, -0.25) is 14.6 Å². The summed E-state index contributed by atoms with van der Waals surface area (Å²) in [6.45, 7) is 0.247. The first-order valence-corrected chi connectivity index (χ1v) is 7.72. The lowest BCUT2D eigenvalue weighted by molar-refractivity contribution is -0.782. The Morgan fingerprint density at radius 2 is 2.00 bits per heavy atom. The Labute approximate surface area is 137 Å². The summed E-state index contributed by atoms with van der Waals surface area (Å²) in [5.41, 5.74) is 2.07. The maximum absolute atomic E-state index is 12.0. The Kier molecular flexibility index (Phi) is 6.50. The topological polar surface area (TPSA) is 129 Å². The molecule has 0 fully saturated rings. The second kappa shape index (κ2) is 8.82. The smallest absolute Gasteiger partial charge is 0.342 e. The van der Waals surface area contributed by atoms with E-state index < -0.39 is 5.97 Å². The lowest BCUT2D eigenvalue weighted by atomic mass is 10.1. The third kappa shape index (κ3) is 4.66. The monoisotopic (exact) mass is 337 g/mol. The minimum Gasteiger partial charge on any atom is -0.462 e. The molecule has 0 bridgehead atoms. The highest BCUT2D eigenvalue weighted by atomic mass is 16.8. The average Bonchev–Trinajstić information content (AvgIpc) is 2.98. The molecule has 1 aromatic carbocycles. The number of carbonyl (C=O) groups excluding carboxylic acids is 2. The van der Waals surface area contributed by atoms with Gasteiger partial charge in [0.15, 0.2) is 0 Å². The molecule has 0 radical (unpaired) electrons. The number of fused-ring (bicyclic) bond motifs is 1. The summed E-state index contributed by atoms with van der Waals surface area (Å²) in [6.07, 6.45) is 4.30. The molecule has 2 aromatic rings. The number of rotatable bonds is 9. The largest absolute Gasteiger partial charge is 0.462 e. The van der Waals surface area contributed by atoms with Gasteiger partial charge in [-0.25, -0.2) is 10.3 Å². The molecule has 0 aliphatic rings. The maximum Gasteiger partial charge on any atom is 0.342 e. The molecule has 0 spiro atoms. The average molecular weight is 337 g/mol. The van der Waals surface area contributed by atoms with Crippen LogP contribution in [0.4, 0.5) is 0 Å². The van der Waals surface area contributed by atoms with Crippen LogP contribution in [-0.4, -0.2) is 28.8 Å². The third-order valence-corrected chi connectivity index (χ3v) is 3.54. The fraction of sp³-hybridized carbons (Fsp3) is 0.467. The SMILES string of the molecule is O=C(CCCCCCCOC(=O)c1cccc2no[n+]([O-])c12)NO. The van der Waals surface area contributed by atoms with Gasteiger partial charge in [0.05, 0.1) is 6.61 Å². The molecule has 9 nitrogen and oxygen atoms in total. The van der Waals surface area contributed by atoms with E-state index in [0.717, 1.165) is 19.3 Å². The summed E-state index contributed by atoms with van der Waals surface area (Å²) in [4.78, 5) is 23.0. The van der Waals surface area contributed by atoms with Crippen LogP contribution < -0.4 is 10.4 Å². The van der Waals surface area contributed by atoms with E-state index in [2.05, 4.69) is 9.79 Å². The van der Waals surface area contributed by atoms with Crippen LogP contribution >= 0.6 is 0 Å². The van der Waals surface area contributed by atoms with Crippen molar-refractivity contribution in [1.29, 1.82) is 0 Å². The number of hydroxylamine groups is 1.